The Kier molecular flexibility index (Phi) is 7.51. The zero-order valence-corrected chi connectivity index (χ0v) is 20.6. The quantitative estimate of drug-likeness (QED) is 0.284. The van der Waals surface area contributed by atoms with Gasteiger partial charge in [-0.2, -0.15) is 18.3 Å². The Hall–Kier alpha value is -2.30. The maximum absolute atomic E-state index is 14.1. The molecule has 0 saturated heterocycles. The van der Waals surface area contributed by atoms with E-state index in [1.54, 1.807) is 13.8 Å². The number of hydrogen-bond acceptors (Lipinski definition) is 4. The van der Waals surface area contributed by atoms with Crippen LogP contribution in [0.5, 0.6) is 0 Å². The average Bonchev–Trinajstić information content (AvgIpc) is 3.26. The fourth-order valence-electron chi connectivity index (χ4n) is 4.45. The normalized spacial score (nSPS) is 19.4. The number of H-pyrrole nitrogens is 1. The Morgan fingerprint density at radius 1 is 1.11 bits per heavy atom. The number of alkyl halides is 5. The summed E-state index contributed by atoms with van der Waals surface area (Å²) < 4.78 is 91.6. The lowest BCUT2D eigenvalue weighted by Gasteiger charge is -2.45. The van der Waals surface area contributed by atoms with E-state index in [-0.39, 0.29) is 34.4 Å². The predicted octanol–water partition coefficient (Wildman–Crippen LogP) is 6.56. The lowest BCUT2D eigenvalue weighted by atomic mass is 9.67. The highest BCUT2D eigenvalue weighted by atomic mass is 32.2. The number of aromatic nitrogens is 2. The summed E-state index contributed by atoms with van der Waals surface area (Å²) >= 11 is 0. The van der Waals surface area contributed by atoms with Crippen LogP contribution in [0, 0.1) is 11.8 Å². The van der Waals surface area contributed by atoms with E-state index < -0.39 is 44.6 Å². The van der Waals surface area contributed by atoms with E-state index in [4.69, 9.17) is 0 Å². The van der Waals surface area contributed by atoms with Crippen LogP contribution in [0.25, 0.3) is 0 Å². The molecular formula is C24H29F5N2O3S. The molecule has 0 radical (unpaired) electrons. The molecule has 0 bridgehead atoms. The molecule has 3 rings (SSSR count). The molecule has 11 heteroatoms. The minimum atomic E-state index is -4.60. The van der Waals surface area contributed by atoms with Crippen LogP contribution in [-0.2, 0) is 21.9 Å². The van der Waals surface area contributed by atoms with Crippen LogP contribution in [0.4, 0.5) is 22.0 Å². The van der Waals surface area contributed by atoms with Crippen molar-refractivity contribution in [1.29, 1.82) is 0 Å². The number of nitrogens with zero attached hydrogens (tertiary/aromatic N) is 1. The number of Topliss-reactive ketones (excluding diaryl/α,β-unsaturated/α-hetero) is 1. The summed E-state index contributed by atoms with van der Waals surface area (Å²) in [6.07, 6.45) is -2.70. The maximum Gasteiger partial charge on any atom is 0.432 e. The molecule has 0 aliphatic heterocycles. The van der Waals surface area contributed by atoms with Crippen molar-refractivity contribution in [2.24, 2.45) is 11.8 Å². The van der Waals surface area contributed by atoms with Gasteiger partial charge in [-0.15, -0.1) is 0 Å². The predicted molar refractivity (Wildman–Crippen MR) is 120 cm³/mol. The van der Waals surface area contributed by atoms with Crippen molar-refractivity contribution < 1.29 is 35.2 Å². The molecule has 194 valence electrons. The van der Waals surface area contributed by atoms with Gasteiger partial charge in [-0.05, 0) is 69.6 Å². The molecule has 1 fully saturated rings. The van der Waals surface area contributed by atoms with Gasteiger partial charge in [-0.25, -0.2) is 17.2 Å². The molecule has 1 saturated carbocycles. The highest BCUT2D eigenvalue weighted by molar-refractivity contribution is 7.92. The van der Waals surface area contributed by atoms with Crippen molar-refractivity contribution in [3.8, 4) is 0 Å². The molecule has 1 aliphatic rings. The second-order valence-corrected chi connectivity index (χ2v) is 12.2. The molecular weight excluding hydrogens is 491 g/mol. The first-order valence-corrected chi connectivity index (χ1v) is 13.0. The fraction of sp³-hybridized carbons (Fsp3) is 0.583. The number of rotatable bonds is 10. The summed E-state index contributed by atoms with van der Waals surface area (Å²) in [5.41, 5.74) is -1.66. The zero-order chi connectivity index (χ0) is 26.2. The number of carbonyl (C=O) groups excluding carboxylic acids is 1. The van der Waals surface area contributed by atoms with Gasteiger partial charge < -0.3 is 0 Å². The molecule has 0 unspecified atom stereocenters. The second-order valence-electron chi connectivity index (χ2n) is 9.71. The first-order valence-electron chi connectivity index (χ1n) is 11.5. The molecule has 1 aromatic carbocycles. The van der Waals surface area contributed by atoms with Gasteiger partial charge in [-0.1, -0.05) is 19.1 Å². The van der Waals surface area contributed by atoms with E-state index in [2.05, 4.69) is 5.10 Å². The molecule has 1 aliphatic carbocycles. The van der Waals surface area contributed by atoms with Gasteiger partial charge >= 0.3 is 6.18 Å². The smallest absolute Gasteiger partial charge is 0.292 e. The van der Waals surface area contributed by atoms with Crippen LogP contribution in [0.15, 0.2) is 35.2 Å². The molecule has 2 aromatic rings. The van der Waals surface area contributed by atoms with E-state index in [9.17, 15) is 35.2 Å². The van der Waals surface area contributed by atoms with Gasteiger partial charge in [0.25, 0.3) is 5.92 Å². The Bertz CT molecular complexity index is 1170. The van der Waals surface area contributed by atoms with Crippen LogP contribution >= 0.6 is 0 Å². The van der Waals surface area contributed by atoms with Crippen molar-refractivity contribution in [2.75, 3.05) is 0 Å². The Balaban J connectivity index is 1.55. The van der Waals surface area contributed by atoms with Crippen molar-refractivity contribution in [3.63, 3.8) is 0 Å². The number of halogens is 5. The summed E-state index contributed by atoms with van der Waals surface area (Å²) in [6.45, 7) is 4.54. The van der Waals surface area contributed by atoms with Gasteiger partial charge in [0.15, 0.2) is 15.6 Å². The number of carbonyl (C=O) groups is 1. The molecule has 1 N–H and O–H groups in total. The van der Waals surface area contributed by atoms with Crippen LogP contribution in [0.3, 0.4) is 0 Å². The van der Waals surface area contributed by atoms with Crippen LogP contribution < -0.4 is 0 Å². The summed E-state index contributed by atoms with van der Waals surface area (Å²) in [5.74, 6) is -3.59. The van der Waals surface area contributed by atoms with Crippen molar-refractivity contribution >= 4 is 15.6 Å². The highest BCUT2D eigenvalue weighted by Crippen LogP contribution is 2.48. The van der Waals surface area contributed by atoms with Crippen LogP contribution in [-0.4, -0.2) is 29.1 Å². The van der Waals surface area contributed by atoms with E-state index in [0.717, 1.165) is 6.07 Å². The summed E-state index contributed by atoms with van der Waals surface area (Å²) in [7, 11) is -3.88. The molecule has 0 amide bonds. The second kappa shape index (κ2) is 9.63. The number of hydrogen-bond donors (Lipinski definition) is 1. The van der Waals surface area contributed by atoms with E-state index >= 15 is 0 Å². The lowest BCUT2D eigenvalue weighted by molar-refractivity contribution is -0.141. The highest BCUT2D eigenvalue weighted by Gasteiger charge is 2.48. The molecule has 1 aromatic heterocycles. The number of ketones is 1. The van der Waals surface area contributed by atoms with Gasteiger partial charge in [0.2, 0.25) is 0 Å². The minimum Gasteiger partial charge on any atom is -0.292 e. The van der Waals surface area contributed by atoms with Crippen LogP contribution in [0.2, 0.25) is 0 Å². The third-order valence-electron chi connectivity index (χ3n) is 7.11. The Morgan fingerprint density at radius 3 is 2.34 bits per heavy atom. The molecule has 1 heterocycles. The molecule has 5 nitrogen and oxygen atoms in total. The zero-order valence-electron chi connectivity index (χ0n) is 19.8. The van der Waals surface area contributed by atoms with Crippen molar-refractivity contribution in [1.82, 2.24) is 10.2 Å². The third-order valence-corrected chi connectivity index (χ3v) is 9.70. The van der Waals surface area contributed by atoms with Crippen molar-refractivity contribution in [3.05, 3.63) is 47.3 Å². The van der Waals surface area contributed by atoms with E-state index in [0.29, 0.717) is 31.7 Å². The largest absolute Gasteiger partial charge is 0.432 e. The average molecular weight is 521 g/mol. The number of aromatic amines is 1. The van der Waals surface area contributed by atoms with Gasteiger partial charge in [0.05, 0.1) is 9.64 Å². The summed E-state index contributed by atoms with van der Waals surface area (Å²) in [5, 5.41) is 5.25. The number of nitrogens with one attached hydrogen (secondary N) is 1. The SMILES string of the molecule is CCC(F)(F)c1cccc(S(=O)(=O)C(C)(C)C2CC(CCCC(=O)c3cc(C(F)(F)F)[nH]n3)C2)c1. The van der Waals surface area contributed by atoms with Crippen molar-refractivity contribution in [2.45, 2.75) is 81.0 Å². The van der Waals surface area contributed by atoms with E-state index in [1.165, 1.54) is 25.1 Å². The molecule has 0 spiro atoms. The molecule has 0 atom stereocenters. The summed E-state index contributed by atoms with van der Waals surface area (Å²) in [4.78, 5) is 12.0. The number of benzene rings is 1. The standard InChI is InChI=1S/C24H29F5N2O3S/c1-4-23(25,26)16-8-6-9-18(13-16)35(33,34)22(2,3)17-11-15(12-17)7-5-10-20(32)19-14-21(31-30-19)24(27,28)29/h6,8-9,13-15,17H,4-5,7,10-12H2,1-3H3,(H,30,31). The first kappa shape index (κ1) is 27.3. The van der Waals surface area contributed by atoms with Gasteiger partial charge in [0, 0.05) is 18.4 Å². The Morgan fingerprint density at radius 2 is 1.77 bits per heavy atom. The van der Waals surface area contributed by atoms with Gasteiger partial charge in [0.1, 0.15) is 11.4 Å². The summed E-state index contributed by atoms with van der Waals surface area (Å²) in [6, 6.07) is 5.65. The lowest BCUT2D eigenvalue weighted by Crippen LogP contribution is -2.46. The minimum absolute atomic E-state index is 0.0451. The Labute approximate surface area is 201 Å². The monoisotopic (exact) mass is 520 g/mol. The first-order chi connectivity index (χ1) is 16.1. The maximum atomic E-state index is 14.1. The topological polar surface area (TPSA) is 79.9 Å². The number of sulfone groups is 1. The third kappa shape index (κ3) is 5.59. The fourth-order valence-corrected chi connectivity index (χ4v) is 6.22. The van der Waals surface area contributed by atoms with E-state index in [1.807, 2.05) is 5.10 Å². The van der Waals surface area contributed by atoms with Crippen LogP contribution in [0.1, 0.15) is 81.0 Å². The van der Waals surface area contributed by atoms with Gasteiger partial charge in [-0.3, -0.25) is 9.89 Å². The molecule has 35 heavy (non-hydrogen) atoms.